The number of alkyl carbamates (subject to hydrolysis) is 1. The third-order valence-electron chi connectivity index (χ3n) is 4.40. The summed E-state index contributed by atoms with van der Waals surface area (Å²) in [5.74, 6) is -0.312. The van der Waals surface area contributed by atoms with Crippen LogP contribution in [0.15, 0.2) is 60.7 Å². The summed E-state index contributed by atoms with van der Waals surface area (Å²) in [6.45, 7) is 1.00. The highest BCUT2D eigenvalue weighted by Gasteiger charge is 2.38. The molecule has 1 unspecified atom stereocenters. The molecule has 0 radical (unpaired) electrons. The van der Waals surface area contributed by atoms with Gasteiger partial charge in [0.25, 0.3) is 5.91 Å². The molecule has 0 saturated carbocycles. The molecule has 1 saturated heterocycles. The molecule has 0 spiro atoms. The van der Waals surface area contributed by atoms with Crippen molar-refractivity contribution in [1.82, 2.24) is 10.6 Å². The van der Waals surface area contributed by atoms with Gasteiger partial charge >= 0.3 is 6.09 Å². The van der Waals surface area contributed by atoms with Crippen molar-refractivity contribution in [3.8, 4) is 0 Å². The zero-order valence-electron chi connectivity index (χ0n) is 15.5. The van der Waals surface area contributed by atoms with Gasteiger partial charge in [-0.3, -0.25) is 9.59 Å². The molecule has 3 amide bonds. The standard InChI is InChI=1S/C21H23N3O4/c25-19(23-18-14-24(20(18)26)17-10-5-2-6-11-17)12-7-13-22-21(27)28-15-16-8-3-1-4-9-16/h1-6,8-11,18H,7,12-15H2,(H,22,27)(H,23,25). The van der Waals surface area contributed by atoms with E-state index in [0.717, 1.165) is 11.3 Å². The number of nitrogens with zero attached hydrogens (tertiary/aromatic N) is 1. The van der Waals surface area contributed by atoms with E-state index in [2.05, 4.69) is 10.6 Å². The molecule has 7 heteroatoms. The molecule has 0 aromatic heterocycles. The number of hydrogen-bond acceptors (Lipinski definition) is 4. The second kappa shape index (κ2) is 9.55. The summed E-state index contributed by atoms with van der Waals surface area (Å²) in [5.41, 5.74) is 1.74. The van der Waals surface area contributed by atoms with Gasteiger partial charge in [0.2, 0.25) is 5.91 Å². The predicted octanol–water partition coefficient (Wildman–Crippen LogP) is 2.22. The van der Waals surface area contributed by atoms with Crippen LogP contribution in [0.5, 0.6) is 0 Å². The van der Waals surface area contributed by atoms with E-state index >= 15 is 0 Å². The van der Waals surface area contributed by atoms with Crippen LogP contribution in [0.25, 0.3) is 0 Å². The van der Waals surface area contributed by atoms with Gasteiger partial charge in [-0.15, -0.1) is 0 Å². The summed E-state index contributed by atoms with van der Waals surface area (Å²) in [6, 6.07) is 18.3. The van der Waals surface area contributed by atoms with Gasteiger partial charge in [0.1, 0.15) is 12.6 Å². The quantitative estimate of drug-likeness (QED) is 0.542. The summed E-state index contributed by atoms with van der Waals surface area (Å²) in [6.07, 6.45) is 0.181. The molecule has 3 rings (SSSR count). The van der Waals surface area contributed by atoms with Crippen LogP contribution in [0, 0.1) is 0 Å². The summed E-state index contributed by atoms with van der Waals surface area (Å²) < 4.78 is 5.09. The fourth-order valence-electron chi connectivity index (χ4n) is 2.85. The monoisotopic (exact) mass is 381 g/mol. The van der Waals surface area contributed by atoms with Crippen molar-refractivity contribution in [2.45, 2.75) is 25.5 Å². The van der Waals surface area contributed by atoms with Gasteiger partial charge in [-0.05, 0) is 24.1 Å². The minimum Gasteiger partial charge on any atom is -0.445 e. The van der Waals surface area contributed by atoms with E-state index in [1.807, 2.05) is 60.7 Å². The Morgan fingerprint density at radius 2 is 1.71 bits per heavy atom. The molecule has 28 heavy (non-hydrogen) atoms. The minimum atomic E-state index is -0.517. The van der Waals surface area contributed by atoms with Crippen LogP contribution < -0.4 is 15.5 Å². The molecule has 1 atom stereocenters. The Hall–Kier alpha value is -3.35. The molecule has 1 aliphatic rings. The lowest BCUT2D eigenvalue weighted by atomic mass is 10.1. The summed E-state index contributed by atoms with van der Waals surface area (Å²) in [5, 5.41) is 5.34. The van der Waals surface area contributed by atoms with Crippen molar-refractivity contribution in [2.24, 2.45) is 0 Å². The van der Waals surface area contributed by atoms with Crippen LogP contribution in [-0.4, -0.2) is 37.0 Å². The predicted molar refractivity (Wildman–Crippen MR) is 105 cm³/mol. The van der Waals surface area contributed by atoms with Gasteiger partial charge in [-0.1, -0.05) is 48.5 Å². The molecule has 7 nitrogen and oxygen atoms in total. The first kappa shape index (κ1) is 19.4. The molecule has 2 aromatic rings. The maximum absolute atomic E-state index is 12.1. The molecule has 0 aliphatic carbocycles. The number of para-hydroxylation sites is 1. The largest absolute Gasteiger partial charge is 0.445 e. The molecular weight excluding hydrogens is 358 g/mol. The van der Waals surface area contributed by atoms with Crippen LogP contribution in [0.1, 0.15) is 18.4 Å². The van der Waals surface area contributed by atoms with E-state index in [0.29, 0.717) is 19.5 Å². The normalized spacial score (nSPS) is 15.5. The highest BCUT2D eigenvalue weighted by atomic mass is 16.5. The van der Waals surface area contributed by atoms with Gasteiger partial charge in [-0.25, -0.2) is 4.79 Å². The van der Waals surface area contributed by atoms with Crippen LogP contribution in [-0.2, 0) is 20.9 Å². The first-order chi connectivity index (χ1) is 13.6. The Bertz CT molecular complexity index is 811. The van der Waals surface area contributed by atoms with Crippen molar-refractivity contribution in [2.75, 3.05) is 18.0 Å². The Kier molecular flexibility index (Phi) is 6.62. The second-order valence-electron chi connectivity index (χ2n) is 6.50. The molecule has 1 fully saturated rings. The van der Waals surface area contributed by atoms with Crippen LogP contribution in [0.2, 0.25) is 0 Å². The number of hydrogen-bond donors (Lipinski definition) is 2. The zero-order chi connectivity index (χ0) is 19.8. The fourth-order valence-corrected chi connectivity index (χ4v) is 2.85. The van der Waals surface area contributed by atoms with E-state index in [4.69, 9.17) is 4.74 Å². The third kappa shape index (κ3) is 5.33. The lowest BCUT2D eigenvalue weighted by molar-refractivity contribution is -0.130. The maximum atomic E-state index is 12.1. The number of carbonyl (C=O) groups excluding carboxylic acids is 3. The van der Waals surface area contributed by atoms with Crippen molar-refractivity contribution >= 4 is 23.6 Å². The Labute approximate surface area is 163 Å². The summed E-state index contributed by atoms with van der Waals surface area (Å²) in [4.78, 5) is 37.4. The molecule has 1 heterocycles. The van der Waals surface area contributed by atoms with Crippen molar-refractivity contribution < 1.29 is 19.1 Å². The first-order valence-corrected chi connectivity index (χ1v) is 9.24. The van der Waals surface area contributed by atoms with Crippen LogP contribution >= 0.6 is 0 Å². The van der Waals surface area contributed by atoms with Gasteiger partial charge in [0.15, 0.2) is 0 Å². The van der Waals surface area contributed by atoms with E-state index in [1.165, 1.54) is 0 Å². The van der Waals surface area contributed by atoms with Gasteiger partial charge in [0.05, 0.1) is 6.54 Å². The number of β-lactam (4-membered cyclic amide) rings is 1. The number of benzene rings is 2. The third-order valence-corrected chi connectivity index (χ3v) is 4.40. The number of amides is 3. The molecular formula is C21H23N3O4. The fraction of sp³-hybridized carbons (Fsp3) is 0.286. The molecule has 2 aromatic carbocycles. The van der Waals surface area contributed by atoms with Crippen LogP contribution in [0.4, 0.5) is 10.5 Å². The molecule has 2 N–H and O–H groups in total. The smallest absolute Gasteiger partial charge is 0.407 e. The number of nitrogens with one attached hydrogen (secondary N) is 2. The Balaban J connectivity index is 1.27. The lowest BCUT2D eigenvalue weighted by Gasteiger charge is -2.38. The van der Waals surface area contributed by atoms with Gasteiger partial charge < -0.3 is 20.3 Å². The number of ether oxygens (including phenoxy) is 1. The maximum Gasteiger partial charge on any atom is 0.407 e. The molecule has 0 bridgehead atoms. The zero-order valence-corrected chi connectivity index (χ0v) is 15.5. The SMILES string of the molecule is O=C(CCCNC(=O)OCc1ccccc1)NC1CN(c2ccccc2)C1=O. The lowest BCUT2D eigenvalue weighted by Crippen LogP contribution is -2.64. The Morgan fingerprint density at radius 3 is 2.39 bits per heavy atom. The highest BCUT2D eigenvalue weighted by molar-refractivity contribution is 6.05. The van der Waals surface area contributed by atoms with Crippen molar-refractivity contribution in [1.29, 1.82) is 0 Å². The second-order valence-corrected chi connectivity index (χ2v) is 6.50. The van der Waals surface area contributed by atoms with E-state index < -0.39 is 12.1 Å². The minimum absolute atomic E-state index is 0.109. The number of carbonyl (C=O) groups is 3. The van der Waals surface area contributed by atoms with E-state index in [-0.39, 0.29) is 24.8 Å². The highest BCUT2D eigenvalue weighted by Crippen LogP contribution is 2.21. The summed E-state index contributed by atoms with van der Waals surface area (Å²) >= 11 is 0. The topological polar surface area (TPSA) is 87.7 Å². The average molecular weight is 381 g/mol. The number of anilines is 1. The Morgan fingerprint density at radius 1 is 1.04 bits per heavy atom. The van der Waals surface area contributed by atoms with E-state index in [9.17, 15) is 14.4 Å². The van der Waals surface area contributed by atoms with Crippen molar-refractivity contribution in [3.63, 3.8) is 0 Å². The van der Waals surface area contributed by atoms with Crippen LogP contribution in [0.3, 0.4) is 0 Å². The van der Waals surface area contributed by atoms with E-state index in [1.54, 1.807) is 4.90 Å². The number of rotatable bonds is 8. The summed E-state index contributed by atoms with van der Waals surface area (Å²) in [7, 11) is 0. The molecule has 1 aliphatic heterocycles. The first-order valence-electron chi connectivity index (χ1n) is 9.24. The van der Waals surface area contributed by atoms with Gasteiger partial charge in [-0.2, -0.15) is 0 Å². The van der Waals surface area contributed by atoms with Crippen molar-refractivity contribution in [3.05, 3.63) is 66.2 Å². The van der Waals surface area contributed by atoms with Gasteiger partial charge in [0, 0.05) is 18.7 Å². The average Bonchev–Trinajstić information content (AvgIpc) is 2.73. The molecule has 146 valence electrons.